The van der Waals surface area contributed by atoms with E-state index in [0.717, 1.165) is 12.0 Å². The van der Waals surface area contributed by atoms with Gasteiger partial charge in [-0.1, -0.05) is 43.7 Å². The Bertz CT molecular complexity index is 538. The van der Waals surface area contributed by atoms with Crippen molar-refractivity contribution in [2.75, 3.05) is 12.3 Å². The molecule has 6 nitrogen and oxygen atoms in total. The molecular weight excluding hydrogens is 326 g/mol. The third kappa shape index (κ3) is 8.33. The highest BCUT2D eigenvalue weighted by Crippen LogP contribution is 1.98. The second-order valence-electron chi connectivity index (χ2n) is 4.81. The van der Waals surface area contributed by atoms with Gasteiger partial charge in [0.25, 0.3) is 0 Å². The molecule has 1 amide bonds. The van der Waals surface area contributed by atoms with Crippen molar-refractivity contribution in [3.05, 3.63) is 35.9 Å². The average molecular weight is 350 g/mol. The smallest absolute Gasteiger partial charge is 0.236 e. The molecule has 0 bridgehead atoms. The zero-order valence-electron chi connectivity index (χ0n) is 12.6. The first kappa shape index (κ1) is 20.9. The lowest BCUT2D eigenvalue weighted by Gasteiger charge is -2.11. The normalized spacial score (nSPS) is 12.3. The molecule has 1 atom stereocenters. The van der Waals surface area contributed by atoms with E-state index < -0.39 is 16.1 Å². The lowest BCUT2D eigenvalue weighted by atomic mass is 10.2. The minimum Gasteiger partial charge on any atom is -0.354 e. The highest BCUT2D eigenvalue weighted by molar-refractivity contribution is 7.89. The molecule has 1 aromatic rings. The molecule has 4 N–H and O–H groups in total. The van der Waals surface area contributed by atoms with Crippen LogP contribution in [0.5, 0.6) is 0 Å². The van der Waals surface area contributed by atoms with Crippen molar-refractivity contribution in [2.24, 2.45) is 5.73 Å². The summed E-state index contributed by atoms with van der Waals surface area (Å²) in [6, 6.07) is 8.67. The van der Waals surface area contributed by atoms with E-state index in [0.29, 0.717) is 6.42 Å². The molecule has 0 spiro atoms. The fourth-order valence-corrected chi connectivity index (χ4v) is 2.64. The molecule has 126 valence electrons. The van der Waals surface area contributed by atoms with Gasteiger partial charge in [-0.15, -0.1) is 12.4 Å². The SMILES string of the molecule is CCCC(N)C(=O)NCCS(=O)(=O)NCc1ccccc1.Cl. The summed E-state index contributed by atoms with van der Waals surface area (Å²) in [5.74, 6) is -0.472. The maximum Gasteiger partial charge on any atom is 0.236 e. The Hall–Kier alpha value is -1.15. The standard InChI is InChI=1S/C14H23N3O3S.ClH/c1-2-6-13(15)14(18)16-9-10-21(19,20)17-11-12-7-4-3-5-8-12;/h3-5,7-8,13,17H,2,6,9-11,15H2,1H3,(H,16,18);1H. The number of benzene rings is 1. The first-order valence-corrected chi connectivity index (χ1v) is 8.64. The second kappa shape index (κ2) is 10.6. The Morgan fingerprint density at radius 3 is 2.50 bits per heavy atom. The van der Waals surface area contributed by atoms with Crippen molar-refractivity contribution in [3.8, 4) is 0 Å². The Morgan fingerprint density at radius 1 is 1.27 bits per heavy atom. The summed E-state index contributed by atoms with van der Waals surface area (Å²) >= 11 is 0. The van der Waals surface area contributed by atoms with Crippen molar-refractivity contribution < 1.29 is 13.2 Å². The summed E-state index contributed by atoms with van der Waals surface area (Å²) in [4.78, 5) is 11.5. The van der Waals surface area contributed by atoms with Crippen LogP contribution >= 0.6 is 12.4 Å². The molecule has 0 heterocycles. The summed E-state index contributed by atoms with van der Waals surface area (Å²) in [7, 11) is -3.42. The number of halogens is 1. The van der Waals surface area contributed by atoms with Crippen LogP contribution in [-0.4, -0.2) is 32.7 Å². The van der Waals surface area contributed by atoms with E-state index in [4.69, 9.17) is 5.73 Å². The number of carbonyl (C=O) groups excluding carboxylic acids is 1. The predicted molar refractivity (Wildman–Crippen MR) is 90.2 cm³/mol. The van der Waals surface area contributed by atoms with Crippen LogP contribution in [-0.2, 0) is 21.4 Å². The van der Waals surface area contributed by atoms with E-state index in [9.17, 15) is 13.2 Å². The van der Waals surface area contributed by atoms with Gasteiger partial charge in [0.1, 0.15) is 0 Å². The van der Waals surface area contributed by atoms with Gasteiger partial charge in [-0.2, -0.15) is 0 Å². The second-order valence-corrected chi connectivity index (χ2v) is 6.74. The maximum atomic E-state index is 11.8. The van der Waals surface area contributed by atoms with Crippen LogP contribution in [0.25, 0.3) is 0 Å². The summed E-state index contributed by atoms with van der Waals surface area (Å²) in [5.41, 5.74) is 6.52. The van der Waals surface area contributed by atoms with Gasteiger partial charge in [-0.3, -0.25) is 4.79 Å². The zero-order chi connectivity index (χ0) is 15.7. The predicted octanol–water partition coefficient (Wildman–Crippen LogP) is 0.771. The minimum atomic E-state index is -3.42. The molecule has 1 aromatic carbocycles. The van der Waals surface area contributed by atoms with Crippen molar-refractivity contribution in [1.29, 1.82) is 0 Å². The first-order chi connectivity index (χ1) is 9.94. The molecule has 0 saturated heterocycles. The van der Waals surface area contributed by atoms with E-state index >= 15 is 0 Å². The third-order valence-electron chi connectivity index (χ3n) is 2.95. The van der Waals surface area contributed by atoms with Gasteiger partial charge in [0.15, 0.2) is 0 Å². The van der Waals surface area contributed by atoms with E-state index in [1.165, 1.54) is 0 Å². The summed E-state index contributed by atoms with van der Waals surface area (Å²) in [5, 5.41) is 2.54. The van der Waals surface area contributed by atoms with Crippen LogP contribution in [0.4, 0.5) is 0 Å². The van der Waals surface area contributed by atoms with Gasteiger partial charge in [-0.25, -0.2) is 13.1 Å². The van der Waals surface area contributed by atoms with Crippen LogP contribution in [0.3, 0.4) is 0 Å². The molecule has 0 aromatic heterocycles. The first-order valence-electron chi connectivity index (χ1n) is 6.99. The average Bonchev–Trinajstić information content (AvgIpc) is 2.46. The van der Waals surface area contributed by atoms with E-state index in [-0.39, 0.29) is 37.2 Å². The van der Waals surface area contributed by atoms with Gasteiger partial charge in [0.05, 0.1) is 11.8 Å². The van der Waals surface area contributed by atoms with Crippen LogP contribution in [0.15, 0.2) is 30.3 Å². The van der Waals surface area contributed by atoms with Crippen LogP contribution in [0.1, 0.15) is 25.3 Å². The number of nitrogens with one attached hydrogen (secondary N) is 2. The summed E-state index contributed by atoms with van der Waals surface area (Å²) in [6.45, 7) is 2.23. The molecule has 0 aliphatic rings. The number of hydrogen-bond donors (Lipinski definition) is 3. The number of nitrogens with two attached hydrogens (primary N) is 1. The largest absolute Gasteiger partial charge is 0.354 e. The topological polar surface area (TPSA) is 101 Å². The fourth-order valence-electron chi connectivity index (χ4n) is 1.74. The molecule has 8 heteroatoms. The Morgan fingerprint density at radius 2 is 1.91 bits per heavy atom. The molecule has 0 saturated carbocycles. The third-order valence-corrected chi connectivity index (χ3v) is 4.27. The minimum absolute atomic E-state index is 0. The summed E-state index contributed by atoms with van der Waals surface area (Å²) in [6.07, 6.45) is 1.40. The molecule has 0 radical (unpaired) electrons. The van der Waals surface area contributed by atoms with E-state index in [1.807, 2.05) is 37.3 Å². The van der Waals surface area contributed by atoms with Crippen molar-refractivity contribution in [2.45, 2.75) is 32.4 Å². The number of sulfonamides is 1. The number of carbonyl (C=O) groups is 1. The van der Waals surface area contributed by atoms with Gasteiger partial charge in [0.2, 0.25) is 15.9 Å². The van der Waals surface area contributed by atoms with Crippen molar-refractivity contribution >= 4 is 28.3 Å². The fraction of sp³-hybridized carbons (Fsp3) is 0.500. The van der Waals surface area contributed by atoms with Gasteiger partial charge in [0, 0.05) is 13.1 Å². The Labute approximate surface area is 138 Å². The van der Waals surface area contributed by atoms with Gasteiger partial charge >= 0.3 is 0 Å². The lowest BCUT2D eigenvalue weighted by Crippen LogP contribution is -2.43. The molecule has 0 aliphatic carbocycles. The van der Waals surface area contributed by atoms with Crippen molar-refractivity contribution in [3.63, 3.8) is 0 Å². The zero-order valence-corrected chi connectivity index (χ0v) is 14.3. The molecule has 0 fully saturated rings. The highest BCUT2D eigenvalue weighted by atomic mass is 35.5. The lowest BCUT2D eigenvalue weighted by molar-refractivity contribution is -0.122. The maximum absolute atomic E-state index is 11.8. The summed E-state index contributed by atoms with van der Waals surface area (Å²) < 4.78 is 26.1. The molecule has 1 unspecified atom stereocenters. The Balaban J connectivity index is 0.00000441. The van der Waals surface area contributed by atoms with Gasteiger partial charge < -0.3 is 11.1 Å². The quantitative estimate of drug-likeness (QED) is 0.613. The van der Waals surface area contributed by atoms with Crippen molar-refractivity contribution in [1.82, 2.24) is 10.0 Å². The monoisotopic (exact) mass is 349 g/mol. The van der Waals surface area contributed by atoms with E-state index in [2.05, 4.69) is 10.0 Å². The van der Waals surface area contributed by atoms with Crippen LogP contribution < -0.4 is 15.8 Å². The molecular formula is C14H24ClN3O3S. The Kier molecular flexibility index (Phi) is 10.0. The van der Waals surface area contributed by atoms with E-state index in [1.54, 1.807) is 0 Å². The highest BCUT2D eigenvalue weighted by Gasteiger charge is 2.14. The molecule has 22 heavy (non-hydrogen) atoms. The number of hydrogen-bond acceptors (Lipinski definition) is 4. The number of rotatable bonds is 9. The van der Waals surface area contributed by atoms with Crippen LogP contribution in [0, 0.1) is 0 Å². The van der Waals surface area contributed by atoms with Crippen LogP contribution in [0.2, 0.25) is 0 Å². The molecule has 1 rings (SSSR count). The molecule has 0 aliphatic heterocycles. The van der Waals surface area contributed by atoms with Gasteiger partial charge in [-0.05, 0) is 12.0 Å². The number of amides is 1.